The van der Waals surface area contributed by atoms with Gasteiger partial charge in [0.05, 0.1) is 11.4 Å². The number of anilines is 1. The van der Waals surface area contributed by atoms with Crippen LogP contribution in [0.2, 0.25) is 5.02 Å². The summed E-state index contributed by atoms with van der Waals surface area (Å²) in [6, 6.07) is 3.56. The Hall–Kier alpha value is -1.29. The van der Waals surface area contributed by atoms with E-state index in [1.807, 2.05) is 11.8 Å². The molecule has 1 heterocycles. The number of rotatable bonds is 6. The Kier molecular flexibility index (Phi) is 5.05. The third-order valence-corrected chi connectivity index (χ3v) is 2.35. The molecule has 0 spiro atoms. The van der Waals surface area contributed by atoms with Crippen molar-refractivity contribution in [2.24, 2.45) is 0 Å². The number of pyridine rings is 1. The van der Waals surface area contributed by atoms with Crippen LogP contribution in [0, 0.1) is 0 Å². The molecule has 0 aromatic carbocycles. The lowest BCUT2D eigenvalue weighted by atomic mass is 10.3. The summed E-state index contributed by atoms with van der Waals surface area (Å²) in [5.41, 5.74) is 0. The molecular formula is C11H15ClN2O2. The molecule has 0 unspecified atom stereocenters. The number of carbonyl (C=O) groups is 1. The van der Waals surface area contributed by atoms with E-state index in [2.05, 4.69) is 4.98 Å². The molecule has 1 N–H and O–H groups in total. The van der Waals surface area contributed by atoms with E-state index in [1.165, 1.54) is 0 Å². The minimum absolute atomic E-state index is 0.115. The first-order chi connectivity index (χ1) is 7.63. The van der Waals surface area contributed by atoms with Gasteiger partial charge in [0.1, 0.15) is 5.82 Å². The Morgan fingerprint density at radius 3 is 2.75 bits per heavy atom. The Bertz CT molecular complexity index is 340. The zero-order valence-corrected chi connectivity index (χ0v) is 9.94. The molecule has 0 saturated carbocycles. The predicted molar refractivity (Wildman–Crippen MR) is 64.0 cm³/mol. The molecule has 1 aromatic rings. The van der Waals surface area contributed by atoms with Crippen LogP contribution >= 0.6 is 11.6 Å². The highest BCUT2D eigenvalue weighted by Gasteiger charge is 2.08. The van der Waals surface area contributed by atoms with Gasteiger partial charge in [0.25, 0.3) is 0 Å². The molecule has 5 heteroatoms. The van der Waals surface area contributed by atoms with Crippen molar-refractivity contribution in [3.63, 3.8) is 0 Å². The van der Waals surface area contributed by atoms with Crippen LogP contribution in [0.15, 0.2) is 18.3 Å². The normalized spacial score (nSPS) is 10.1. The van der Waals surface area contributed by atoms with Crippen molar-refractivity contribution in [1.82, 2.24) is 4.98 Å². The molecule has 0 bridgehead atoms. The molecule has 0 aliphatic carbocycles. The van der Waals surface area contributed by atoms with E-state index < -0.39 is 5.97 Å². The standard InChI is InChI=1S/C11H15ClN2O2/c1-2-6-14(7-5-11(15)16)10-4-3-9(12)8-13-10/h3-4,8H,2,5-7H2,1H3,(H,15,16). The molecule has 16 heavy (non-hydrogen) atoms. The van der Waals surface area contributed by atoms with Crippen LogP contribution in [0.3, 0.4) is 0 Å². The maximum absolute atomic E-state index is 10.5. The summed E-state index contributed by atoms with van der Waals surface area (Å²) >= 11 is 5.75. The summed E-state index contributed by atoms with van der Waals surface area (Å²) < 4.78 is 0. The monoisotopic (exact) mass is 242 g/mol. The van der Waals surface area contributed by atoms with E-state index in [9.17, 15) is 4.79 Å². The van der Waals surface area contributed by atoms with E-state index >= 15 is 0 Å². The number of aromatic nitrogens is 1. The number of carboxylic acids is 1. The van der Waals surface area contributed by atoms with Gasteiger partial charge in [0.2, 0.25) is 0 Å². The van der Waals surface area contributed by atoms with E-state index in [0.717, 1.165) is 18.8 Å². The van der Waals surface area contributed by atoms with Crippen molar-refractivity contribution in [2.75, 3.05) is 18.0 Å². The van der Waals surface area contributed by atoms with Crippen LogP contribution < -0.4 is 4.90 Å². The number of nitrogens with zero attached hydrogens (tertiary/aromatic N) is 2. The maximum Gasteiger partial charge on any atom is 0.305 e. The lowest BCUT2D eigenvalue weighted by molar-refractivity contribution is -0.136. The second kappa shape index (κ2) is 6.33. The van der Waals surface area contributed by atoms with Gasteiger partial charge in [-0.3, -0.25) is 4.79 Å². The first kappa shape index (κ1) is 12.8. The summed E-state index contributed by atoms with van der Waals surface area (Å²) in [7, 11) is 0. The quantitative estimate of drug-likeness (QED) is 0.833. The summed E-state index contributed by atoms with van der Waals surface area (Å²) in [5, 5.41) is 9.24. The summed E-state index contributed by atoms with van der Waals surface area (Å²) in [6.45, 7) is 3.31. The van der Waals surface area contributed by atoms with Crippen LogP contribution in [0.25, 0.3) is 0 Å². The van der Waals surface area contributed by atoms with Crippen molar-refractivity contribution in [1.29, 1.82) is 0 Å². The molecule has 1 aromatic heterocycles. The molecule has 0 fully saturated rings. The van der Waals surface area contributed by atoms with Crippen molar-refractivity contribution in [3.05, 3.63) is 23.4 Å². The van der Waals surface area contributed by atoms with Crippen LogP contribution in [0.1, 0.15) is 19.8 Å². The summed E-state index contributed by atoms with van der Waals surface area (Å²) in [5.74, 6) is -0.0254. The van der Waals surface area contributed by atoms with E-state index in [0.29, 0.717) is 11.6 Å². The van der Waals surface area contributed by atoms with Crippen molar-refractivity contribution in [2.45, 2.75) is 19.8 Å². The van der Waals surface area contributed by atoms with Gasteiger partial charge >= 0.3 is 5.97 Å². The number of halogens is 1. The number of carboxylic acid groups (broad SMARTS) is 1. The van der Waals surface area contributed by atoms with Gasteiger partial charge in [-0.25, -0.2) is 4.98 Å². The first-order valence-corrected chi connectivity index (χ1v) is 5.59. The highest BCUT2D eigenvalue weighted by molar-refractivity contribution is 6.30. The van der Waals surface area contributed by atoms with Crippen LogP contribution in [0.5, 0.6) is 0 Å². The van der Waals surface area contributed by atoms with Crippen molar-refractivity contribution >= 4 is 23.4 Å². The van der Waals surface area contributed by atoms with E-state index in [4.69, 9.17) is 16.7 Å². The third-order valence-electron chi connectivity index (χ3n) is 2.12. The van der Waals surface area contributed by atoms with Gasteiger partial charge in [-0.1, -0.05) is 18.5 Å². The lowest BCUT2D eigenvalue weighted by Gasteiger charge is -2.22. The minimum Gasteiger partial charge on any atom is -0.481 e. The fraction of sp³-hybridized carbons (Fsp3) is 0.455. The van der Waals surface area contributed by atoms with E-state index in [-0.39, 0.29) is 6.42 Å². The van der Waals surface area contributed by atoms with Gasteiger partial charge in [-0.05, 0) is 18.6 Å². The zero-order valence-electron chi connectivity index (χ0n) is 9.19. The largest absolute Gasteiger partial charge is 0.481 e. The average molecular weight is 243 g/mol. The number of hydrogen-bond donors (Lipinski definition) is 1. The smallest absolute Gasteiger partial charge is 0.305 e. The van der Waals surface area contributed by atoms with Crippen LogP contribution in [-0.4, -0.2) is 29.1 Å². The molecule has 0 saturated heterocycles. The second-order valence-electron chi connectivity index (χ2n) is 3.47. The molecule has 0 aliphatic heterocycles. The predicted octanol–water partition coefficient (Wildman–Crippen LogP) is 2.43. The van der Waals surface area contributed by atoms with Gasteiger partial charge in [0, 0.05) is 19.3 Å². The fourth-order valence-electron chi connectivity index (χ4n) is 1.40. The van der Waals surface area contributed by atoms with Crippen LogP contribution in [-0.2, 0) is 4.79 Å². The second-order valence-corrected chi connectivity index (χ2v) is 3.90. The van der Waals surface area contributed by atoms with Gasteiger partial charge < -0.3 is 10.0 Å². The molecule has 0 amide bonds. The molecule has 0 atom stereocenters. The summed E-state index contributed by atoms with van der Waals surface area (Å²) in [6.07, 6.45) is 2.63. The molecular weight excluding hydrogens is 228 g/mol. The average Bonchev–Trinajstić information content (AvgIpc) is 2.25. The Morgan fingerprint density at radius 2 is 2.25 bits per heavy atom. The van der Waals surface area contributed by atoms with Gasteiger partial charge in [-0.15, -0.1) is 0 Å². The highest BCUT2D eigenvalue weighted by atomic mass is 35.5. The molecule has 88 valence electrons. The van der Waals surface area contributed by atoms with Crippen LogP contribution in [0.4, 0.5) is 5.82 Å². The lowest BCUT2D eigenvalue weighted by Crippen LogP contribution is -2.27. The Morgan fingerprint density at radius 1 is 1.50 bits per heavy atom. The highest BCUT2D eigenvalue weighted by Crippen LogP contribution is 2.14. The molecule has 0 radical (unpaired) electrons. The zero-order chi connectivity index (χ0) is 12.0. The number of hydrogen-bond acceptors (Lipinski definition) is 3. The first-order valence-electron chi connectivity index (χ1n) is 5.21. The topological polar surface area (TPSA) is 53.4 Å². The third kappa shape index (κ3) is 4.06. The maximum atomic E-state index is 10.5. The Labute approximate surface area is 99.9 Å². The van der Waals surface area contributed by atoms with Crippen molar-refractivity contribution in [3.8, 4) is 0 Å². The Balaban J connectivity index is 2.68. The van der Waals surface area contributed by atoms with E-state index in [1.54, 1.807) is 18.3 Å². The summed E-state index contributed by atoms with van der Waals surface area (Å²) in [4.78, 5) is 16.7. The fourth-order valence-corrected chi connectivity index (χ4v) is 1.51. The number of aliphatic carboxylic acids is 1. The van der Waals surface area contributed by atoms with Gasteiger partial charge in [0.15, 0.2) is 0 Å². The van der Waals surface area contributed by atoms with Crippen molar-refractivity contribution < 1.29 is 9.90 Å². The minimum atomic E-state index is -0.796. The molecule has 0 aliphatic rings. The van der Waals surface area contributed by atoms with Gasteiger partial charge in [-0.2, -0.15) is 0 Å². The molecule has 4 nitrogen and oxygen atoms in total. The molecule has 1 rings (SSSR count). The SMILES string of the molecule is CCCN(CCC(=O)O)c1ccc(Cl)cn1.